The molecular formula is C15H19NO3. The number of fused-ring (bicyclic) bond motifs is 1. The first-order valence-electron chi connectivity index (χ1n) is 7.01. The highest BCUT2D eigenvalue weighted by molar-refractivity contribution is 5.52. The molecule has 1 aromatic carbocycles. The van der Waals surface area contributed by atoms with Crippen LogP contribution in [-0.2, 0) is 10.2 Å². The zero-order valence-corrected chi connectivity index (χ0v) is 11.2. The Morgan fingerprint density at radius 3 is 2.63 bits per heavy atom. The fraction of sp³-hybridized carbons (Fsp3) is 0.600. The van der Waals surface area contributed by atoms with Crippen molar-refractivity contribution in [3.63, 3.8) is 0 Å². The third-order valence-corrected chi connectivity index (χ3v) is 4.70. The number of nitrogens with one attached hydrogen (secondary N) is 1. The molecule has 4 rings (SSSR count). The molecule has 0 bridgehead atoms. The highest BCUT2D eigenvalue weighted by Crippen LogP contribution is 2.45. The molecule has 3 heterocycles. The maximum absolute atomic E-state index is 5.57. The topological polar surface area (TPSA) is 39.7 Å². The molecule has 0 spiro atoms. The van der Waals surface area contributed by atoms with Crippen LogP contribution in [0, 0.1) is 6.92 Å². The molecule has 1 aromatic rings. The molecule has 1 N–H and O–H groups in total. The number of aryl methyl sites for hydroxylation is 1. The molecule has 0 aliphatic carbocycles. The highest BCUT2D eigenvalue weighted by Gasteiger charge is 2.49. The molecule has 0 amide bonds. The molecule has 3 aliphatic rings. The minimum Gasteiger partial charge on any atom is -0.454 e. The zero-order chi connectivity index (χ0) is 12.9. The molecule has 4 heteroatoms. The lowest BCUT2D eigenvalue weighted by molar-refractivity contribution is -0.0764. The summed E-state index contributed by atoms with van der Waals surface area (Å²) in [4.78, 5) is 0. The van der Waals surface area contributed by atoms with Crippen molar-refractivity contribution < 1.29 is 14.2 Å². The summed E-state index contributed by atoms with van der Waals surface area (Å²) in [7, 11) is 0. The van der Waals surface area contributed by atoms with Crippen LogP contribution in [0.2, 0.25) is 0 Å². The zero-order valence-electron chi connectivity index (χ0n) is 11.2. The van der Waals surface area contributed by atoms with Gasteiger partial charge in [0.05, 0.1) is 18.6 Å². The van der Waals surface area contributed by atoms with Crippen LogP contribution in [0.4, 0.5) is 0 Å². The summed E-state index contributed by atoms with van der Waals surface area (Å²) in [6.07, 6.45) is 2.49. The van der Waals surface area contributed by atoms with Crippen LogP contribution in [0.15, 0.2) is 12.1 Å². The fourth-order valence-corrected chi connectivity index (χ4v) is 3.60. The Morgan fingerprint density at radius 1 is 1.21 bits per heavy atom. The van der Waals surface area contributed by atoms with Gasteiger partial charge in [-0.1, -0.05) is 0 Å². The van der Waals surface area contributed by atoms with E-state index in [0.717, 1.165) is 31.3 Å². The minimum atomic E-state index is 0.127. The van der Waals surface area contributed by atoms with Crippen molar-refractivity contribution in [2.45, 2.75) is 31.2 Å². The van der Waals surface area contributed by atoms with E-state index in [-0.39, 0.29) is 5.41 Å². The Morgan fingerprint density at radius 2 is 2.00 bits per heavy atom. The van der Waals surface area contributed by atoms with Crippen molar-refractivity contribution in [2.75, 3.05) is 26.6 Å². The smallest absolute Gasteiger partial charge is 0.231 e. The monoisotopic (exact) mass is 261 g/mol. The van der Waals surface area contributed by atoms with Gasteiger partial charge in [-0.3, -0.25) is 0 Å². The van der Waals surface area contributed by atoms with Gasteiger partial charge in [0.15, 0.2) is 11.5 Å². The van der Waals surface area contributed by atoms with Crippen LogP contribution >= 0.6 is 0 Å². The van der Waals surface area contributed by atoms with Crippen molar-refractivity contribution in [3.05, 3.63) is 23.3 Å². The van der Waals surface area contributed by atoms with E-state index in [1.54, 1.807) is 0 Å². The molecule has 3 aliphatic heterocycles. The van der Waals surface area contributed by atoms with Crippen LogP contribution in [0.1, 0.15) is 24.0 Å². The summed E-state index contributed by atoms with van der Waals surface area (Å²) in [6, 6.07) is 4.80. The van der Waals surface area contributed by atoms with Crippen LogP contribution in [0.5, 0.6) is 11.5 Å². The average molecular weight is 261 g/mol. The van der Waals surface area contributed by atoms with E-state index in [9.17, 15) is 0 Å². The number of benzene rings is 1. The highest BCUT2D eigenvalue weighted by atomic mass is 16.7. The Balaban J connectivity index is 1.77. The summed E-state index contributed by atoms with van der Waals surface area (Å²) < 4.78 is 16.6. The van der Waals surface area contributed by atoms with E-state index in [0.29, 0.717) is 12.8 Å². The summed E-state index contributed by atoms with van der Waals surface area (Å²) in [5.74, 6) is 1.75. The normalized spacial score (nSPS) is 27.3. The van der Waals surface area contributed by atoms with Crippen LogP contribution in [0.3, 0.4) is 0 Å². The number of hydrogen-bond donors (Lipinski definition) is 1. The first kappa shape index (κ1) is 11.6. The second-order valence-electron chi connectivity index (χ2n) is 5.82. The summed E-state index contributed by atoms with van der Waals surface area (Å²) in [6.45, 7) is 5.24. The summed E-state index contributed by atoms with van der Waals surface area (Å²) in [5, 5.41) is 3.64. The average Bonchev–Trinajstić information content (AvgIpc) is 2.98. The van der Waals surface area contributed by atoms with E-state index in [1.807, 2.05) is 0 Å². The second-order valence-corrected chi connectivity index (χ2v) is 5.82. The van der Waals surface area contributed by atoms with Crippen LogP contribution in [0.25, 0.3) is 0 Å². The van der Waals surface area contributed by atoms with E-state index < -0.39 is 0 Å². The molecular weight excluding hydrogens is 242 g/mol. The van der Waals surface area contributed by atoms with Gasteiger partial charge in [-0.15, -0.1) is 0 Å². The third-order valence-electron chi connectivity index (χ3n) is 4.70. The van der Waals surface area contributed by atoms with Gasteiger partial charge in [-0.2, -0.15) is 0 Å². The van der Waals surface area contributed by atoms with E-state index in [2.05, 4.69) is 24.4 Å². The maximum atomic E-state index is 5.57. The molecule has 1 atom stereocenters. The molecule has 1 unspecified atom stereocenters. The maximum Gasteiger partial charge on any atom is 0.231 e. The van der Waals surface area contributed by atoms with Crippen molar-refractivity contribution in [2.24, 2.45) is 0 Å². The number of ether oxygens (including phenoxy) is 3. The SMILES string of the molecule is Cc1cc2c(cc1C1(C3CCCN3)COC1)OCO2. The lowest BCUT2D eigenvalue weighted by atomic mass is 9.70. The van der Waals surface area contributed by atoms with Crippen molar-refractivity contribution in [1.82, 2.24) is 5.32 Å². The van der Waals surface area contributed by atoms with Crippen molar-refractivity contribution >= 4 is 0 Å². The molecule has 0 saturated carbocycles. The van der Waals surface area contributed by atoms with Gasteiger partial charge in [0.1, 0.15) is 0 Å². The van der Waals surface area contributed by atoms with Gasteiger partial charge in [-0.25, -0.2) is 0 Å². The van der Waals surface area contributed by atoms with Gasteiger partial charge in [-0.05, 0) is 49.6 Å². The molecule has 19 heavy (non-hydrogen) atoms. The van der Waals surface area contributed by atoms with E-state index in [4.69, 9.17) is 14.2 Å². The van der Waals surface area contributed by atoms with Gasteiger partial charge in [0.25, 0.3) is 0 Å². The Labute approximate surface area is 113 Å². The Hall–Kier alpha value is -1.26. The van der Waals surface area contributed by atoms with E-state index in [1.165, 1.54) is 24.0 Å². The molecule has 102 valence electrons. The van der Waals surface area contributed by atoms with Gasteiger partial charge in [0, 0.05) is 6.04 Å². The van der Waals surface area contributed by atoms with Gasteiger partial charge < -0.3 is 19.5 Å². The molecule has 2 saturated heterocycles. The largest absolute Gasteiger partial charge is 0.454 e. The lowest BCUT2D eigenvalue weighted by Crippen LogP contribution is -2.58. The fourth-order valence-electron chi connectivity index (χ4n) is 3.60. The predicted molar refractivity (Wildman–Crippen MR) is 70.8 cm³/mol. The lowest BCUT2D eigenvalue weighted by Gasteiger charge is -2.47. The quantitative estimate of drug-likeness (QED) is 0.880. The Bertz CT molecular complexity index is 504. The second kappa shape index (κ2) is 4.12. The van der Waals surface area contributed by atoms with Crippen LogP contribution in [-0.4, -0.2) is 32.6 Å². The number of hydrogen-bond acceptors (Lipinski definition) is 4. The predicted octanol–water partition coefficient (Wildman–Crippen LogP) is 1.74. The third kappa shape index (κ3) is 1.60. The first-order valence-corrected chi connectivity index (χ1v) is 7.01. The standard InChI is InChI=1S/C15H19NO3/c1-10-5-12-13(19-9-18-12)6-11(10)15(7-17-8-15)14-3-2-4-16-14/h5-6,14,16H,2-4,7-9H2,1H3. The first-order chi connectivity index (χ1) is 9.29. The van der Waals surface area contributed by atoms with Gasteiger partial charge >= 0.3 is 0 Å². The van der Waals surface area contributed by atoms with Gasteiger partial charge in [0.2, 0.25) is 6.79 Å². The molecule has 2 fully saturated rings. The summed E-state index contributed by atoms with van der Waals surface area (Å²) >= 11 is 0. The van der Waals surface area contributed by atoms with Crippen LogP contribution < -0.4 is 14.8 Å². The number of rotatable bonds is 2. The van der Waals surface area contributed by atoms with Crippen molar-refractivity contribution in [3.8, 4) is 11.5 Å². The Kier molecular flexibility index (Phi) is 2.50. The molecule has 0 radical (unpaired) electrons. The minimum absolute atomic E-state index is 0.127. The van der Waals surface area contributed by atoms with E-state index >= 15 is 0 Å². The van der Waals surface area contributed by atoms with Crippen molar-refractivity contribution in [1.29, 1.82) is 0 Å². The molecule has 0 aromatic heterocycles. The summed E-state index contributed by atoms with van der Waals surface area (Å²) in [5.41, 5.74) is 2.77. The molecule has 4 nitrogen and oxygen atoms in total.